The van der Waals surface area contributed by atoms with Gasteiger partial charge in [-0.2, -0.15) is 11.8 Å². The first-order valence-corrected chi connectivity index (χ1v) is 8.99. The van der Waals surface area contributed by atoms with Crippen LogP contribution in [-0.2, 0) is 4.79 Å². The van der Waals surface area contributed by atoms with Crippen molar-refractivity contribution < 1.29 is 4.79 Å². The van der Waals surface area contributed by atoms with E-state index in [0.717, 1.165) is 10.9 Å². The monoisotopic (exact) mass is 306 g/mol. The van der Waals surface area contributed by atoms with Gasteiger partial charge in [0.25, 0.3) is 0 Å². The molecule has 1 aromatic rings. The van der Waals surface area contributed by atoms with Gasteiger partial charge in [0, 0.05) is 36.5 Å². The fourth-order valence-electron chi connectivity index (χ4n) is 2.96. The maximum atomic E-state index is 12.3. The Kier molecular flexibility index (Phi) is 6.12. The number of nitrogens with zero attached hydrogens (tertiary/aromatic N) is 1. The molecule has 0 radical (unpaired) electrons. The van der Waals surface area contributed by atoms with Crippen molar-refractivity contribution in [1.82, 2.24) is 5.32 Å². The van der Waals surface area contributed by atoms with Gasteiger partial charge in [0.1, 0.15) is 0 Å². The molecule has 0 heterocycles. The molecule has 0 saturated heterocycles. The predicted molar refractivity (Wildman–Crippen MR) is 92.0 cm³/mol. The molecule has 1 amide bonds. The summed E-state index contributed by atoms with van der Waals surface area (Å²) in [6, 6.07) is 10.6. The maximum absolute atomic E-state index is 12.3. The molecular weight excluding hydrogens is 280 g/mol. The van der Waals surface area contributed by atoms with Crippen molar-refractivity contribution in [2.24, 2.45) is 0 Å². The van der Waals surface area contributed by atoms with Gasteiger partial charge in [-0.05, 0) is 44.6 Å². The van der Waals surface area contributed by atoms with E-state index in [0.29, 0.717) is 12.5 Å². The summed E-state index contributed by atoms with van der Waals surface area (Å²) in [4.78, 5) is 14.1. The summed E-state index contributed by atoms with van der Waals surface area (Å²) in [5, 5.41) is 4.41. The average Bonchev–Trinajstić information content (AvgIpc) is 2.94. The number of benzene rings is 1. The first-order valence-electron chi connectivity index (χ1n) is 7.70. The second-order valence-electron chi connectivity index (χ2n) is 5.93. The second kappa shape index (κ2) is 7.85. The number of rotatable bonds is 6. The van der Waals surface area contributed by atoms with Gasteiger partial charge in [-0.1, -0.05) is 18.2 Å². The Balaban J connectivity index is 1.79. The number of nitrogens with one attached hydrogen (secondary N) is 1. The summed E-state index contributed by atoms with van der Waals surface area (Å²) in [5.41, 5.74) is 0.956. The molecule has 3 atom stereocenters. The highest BCUT2D eigenvalue weighted by Crippen LogP contribution is 2.28. The van der Waals surface area contributed by atoms with E-state index < -0.39 is 0 Å². The Bertz CT molecular complexity index is 451. The lowest BCUT2D eigenvalue weighted by Crippen LogP contribution is -2.39. The van der Waals surface area contributed by atoms with E-state index in [1.54, 1.807) is 4.90 Å². The van der Waals surface area contributed by atoms with Crippen molar-refractivity contribution in [3.8, 4) is 0 Å². The molecule has 1 N–H and O–H groups in total. The third kappa shape index (κ3) is 4.75. The van der Waals surface area contributed by atoms with Crippen LogP contribution in [0.3, 0.4) is 0 Å². The van der Waals surface area contributed by atoms with Crippen LogP contribution in [0, 0.1) is 0 Å². The Morgan fingerprint density at radius 2 is 2.10 bits per heavy atom. The fraction of sp³-hybridized carbons (Fsp3) is 0.588. The molecule has 1 aromatic carbocycles. The SMILES string of the molecule is CS[C@@H]1CC[C@@H](N[C@@H](C)CC(=O)N(C)c2ccccc2)C1. The number of carbonyl (C=O) groups excluding carboxylic acids is 1. The zero-order valence-electron chi connectivity index (χ0n) is 13.2. The van der Waals surface area contributed by atoms with E-state index in [-0.39, 0.29) is 11.9 Å². The standard InChI is InChI=1S/C17H26N2OS/c1-13(18-14-9-10-16(12-14)21-3)11-17(20)19(2)15-7-5-4-6-8-15/h4-8,13-14,16,18H,9-12H2,1-3H3/t13-,14+,16+/m0/s1. The number of thioether (sulfide) groups is 1. The molecule has 0 spiro atoms. The molecule has 0 aromatic heterocycles. The predicted octanol–water partition coefficient (Wildman–Crippen LogP) is 3.30. The van der Waals surface area contributed by atoms with Gasteiger partial charge in [0.2, 0.25) is 5.91 Å². The van der Waals surface area contributed by atoms with Crippen LogP contribution in [0.2, 0.25) is 0 Å². The van der Waals surface area contributed by atoms with Crippen molar-refractivity contribution >= 4 is 23.4 Å². The molecule has 1 aliphatic rings. The van der Waals surface area contributed by atoms with Crippen LogP contribution in [0.1, 0.15) is 32.6 Å². The molecule has 0 aliphatic heterocycles. The summed E-state index contributed by atoms with van der Waals surface area (Å²) >= 11 is 1.96. The highest BCUT2D eigenvalue weighted by Gasteiger charge is 2.25. The Labute approximate surface area is 132 Å². The lowest BCUT2D eigenvalue weighted by molar-refractivity contribution is -0.118. The molecule has 116 valence electrons. The van der Waals surface area contributed by atoms with E-state index in [4.69, 9.17) is 0 Å². The van der Waals surface area contributed by atoms with Gasteiger partial charge >= 0.3 is 0 Å². The number of anilines is 1. The molecule has 21 heavy (non-hydrogen) atoms. The third-order valence-corrected chi connectivity index (χ3v) is 5.33. The first-order chi connectivity index (χ1) is 10.1. The van der Waals surface area contributed by atoms with Crippen molar-refractivity contribution in [2.45, 2.75) is 49.9 Å². The van der Waals surface area contributed by atoms with Crippen molar-refractivity contribution in [1.29, 1.82) is 0 Å². The van der Waals surface area contributed by atoms with E-state index in [1.807, 2.05) is 49.1 Å². The van der Waals surface area contributed by atoms with E-state index in [9.17, 15) is 4.79 Å². The van der Waals surface area contributed by atoms with Crippen LogP contribution in [0.25, 0.3) is 0 Å². The van der Waals surface area contributed by atoms with Gasteiger partial charge in [-0.25, -0.2) is 0 Å². The minimum atomic E-state index is 0.167. The van der Waals surface area contributed by atoms with Crippen LogP contribution in [0.15, 0.2) is 30.3 Å². The summed E-state index contributed by atoms with van der Waals surface area (Å²) in [7, 11) is 1.85. The maximum Gasteiger partial charge on any atom is 0.228 e. The van der Waals surface area contributed by atoms with Gasteiger partial charge in [0.05, 0.1) is 0 Å². The number of carbonyl (C=O) groups is 1. The van der Waals surface area contributed by atoms with Gasteiger partial charge in [0.15, 0.2) is 0 Å². The van der Waals surface area contributed by atoms with Crippen LogP contribution in [0.4, 0.5) is 5.69 Å². The molecule has 3 nitrogen and oxygen atoms in total. The lowest BCUT2D eigenvalue weighted by Gasteiger charge is -2.23. The minimum Gasteiger partial charge on any atom is -0.315 e. The highest BCUT2D eigenvalue weighted by atomic mass is 32.2. The van der Waals surface area contributed by atoms with Crippen LogP contribution >= 0.6 is 11.8 Å². The molecule has 4 heteroatoms. The molecular formula is C17H26N2OS. The fourth-order valence-corrected chi connectivity index (χ4v) is 3.76. The molecule has 1 fully saturated rings. The molecule has 1 saturated carbocycles. The van der Waals surface area contributed by atoms with Crippen molar-refractivity contribution in [3.05, 3.63) is 30.3 Å². The van der Waals surface area contributed by atoms with E-state index in [2.05, 4.69) is 18.5 Å². The number of hydrogen-bond acceptors (Lipinski definition) is 3. The summed E-state index contributed by atoms with van der Waals surface area (Å²) < 4.78 is 0. The zero-order valence-corrected chi connectivity index (χ0v) is 14.0. The van der Waals surface area contributed by atoms with Crippen LogP contribution in [0.5, 0.6) is 0 Å². The van der Waals surface area contributed by atoms with Gasteiger partial charge in [-0.15, -0.1) is 0 Å². The lowest BCUT2D eigenvalue weighted by atomic mass is 10.1. The Hall–Kier alpha value is -1.00. The quantitative estimate of drug-likeness (QED) is 0.875. The van der Waals surface area contributed by atoms with Crippen LogP contribution in [-0.4, -0.2) is 36.5 Å². The Morgan fingerprint density at radius 1 is 1.38 bits per heavy atom. The first kappa shape index (κ1) is 16.4. The van der Waals surface area contributed by atoms with Gasteiger partial charge < -0.3 is 10.2 Å². The molecule has 0 bridgehead atoms. The summed E-state index contributed by atoms with van der Waals surface area (Å²) in [5.74, 6) is 0.167. The highest BCUT2D eigenvalue weighted by molar-refractivity contribution is 7.99. The minimum absolute atomic E-state index is 0.167. The number of para-hydroxylation sites is 1. The molecule has 2 rings (SSSR count). The second-order valence-corrected chi connectivity index (χ2v) is 7.07. The normalized spacial score (nSPS) is 23.0. The Morgan fingerprint density at radius 3 is 2.71 bits per heavy atom. The summed E-state index contributed by atoms with van der Waals surface area (Å²) in [6.07, 6.45) is 6.50. The van der Waals surface area contributed by atoms with Crippen LogP contribution < -0.4 is 10.2 Å². The zero-order chi connectivity index (χ0) is 15.2. The third-order valence-electron chi connectivity index (χ3n) is 4.24. The number of hydrogen-bond donors (Lipinski definition) is 1. The van der Waals surface area contributed by atoms with Crippen molar-refractivity contribution in [2.75, 3.05) is 18.2 Å². The summed E-state index contributed by atoms with van der Waals surface area (Å²) in [6.45, 7) is 2.11. The number of amides is 1. The van der Waals surface area contributed by atoms with E-state index >= 15 is 0 Å². The van der Waals surface area contributed by atoms with Crippen molar-refractivity contribution in [3.63, 3.8) is 0 Å². The van der Waals surface area contributed by atoms with Gasteiger partial charge in [-0.3, -0.25) is 4.79 Å². The van der Waals surface area contributed by atoms with E-state index in [1.165, 1.54) is 19.3 Å². The average molecular weight is 306 g/mol. The largest absolute Gasteiger partial charge is 0.315 e. The smallest absolute Gasteiger partial charge is 0.228 e. The molecule has 0 unspecified atom stereocenters. The topological polar surface area (TPSA) is 32.3 Å². The molecule has 1 aliphatic carbocycles.